The number of hydrogen-bond acceptors (Lipinski definition) is 4. The molecule has 2 atom stereocenters. The van der Waals surface area contributed by atoms with Gasteiger partial charge in [0.1, 0.15) is 5.52 Å². The first kappa shape index (κ1) is 13.9. The van der Waals surface area contributed by atoms with Gasteiger partial charge in [0, 0.05) is 6.04 Å². The molecule has 5 heteroatoms. The van der Waals surface area contributed by atoms with E-state index in [1.165, 1.54) is 31.7 Å². The molecule has 1 heterocycles. The van der Waals surface area contributed by atoms with Crippen molar-refractivity contribution in [2.75, 3.05) is 5.32 Å². The molecule has 21 heavy (non-hydrogen) atoms. The lowest BCUT2D eigenvalue weighted by Gasteiger charge is -2.21. The van der Waals surface area contributed by atoms with Crippen LogP contribution in [0.3, 0.4) is 0 Å². The minimum atomic E-state index is -0.958. The fraction of sp³-hybridized carbons (Fsp3) is 0.500. The number of fused-ring (bicyclic) bond motifs is 1. The Morgan fingerprint density at radius 1 is 1.33 bits per heavy atom. The van der Waals surface area contributed by atoms with Gasteiger partial charge in [0.15, 0.2) is 5.58 Å². The molecule has 2 unspecified atom stereocenters. The zero-order chi connectivity index (χ0) is 14.8. The van der Waals surface area contributed by atoms with Gasteiger partial charge in [-0.25, -0.2) is 4.79 Å². The number of carboxylic acids is 1. The minimum Gasteiger partial charge on any atom is -0.478 e. The van der Waals surface area contributed by atoms with Crippen molar-refractivity contribution in [3.63, 3.8) is 0 Å². The number of carbonyl (C=O) groups is 1. The van der Waals surface area contributed by atoms with Crippen LogP contribution in [0.5, 0.6) is 0 Å². The number of aromatic carboxylic acids is 1. The van der Waals surface area contributed by atoms with Gasteiger partial charge in [-0.3, -0.25) is 0 Å². The third-order valence-electron chi connectivity index (χ3n) is 4.31. The molecular weight excluding hydrogens is 268 g/mol. The first-order chi connectivity index (χ1) is 10.1. The minimum absolute atomic E-state index is 0.216. The van der Waals surface area contributed by atoms with Crippen molar-refractivity contribution in [3.8, 4) is 0 Å². The molecule has 112 valence electrons. The van der Waals surface area contributed by atoms with Crippen LogP contribution < -0.4 is 5.32 Å². The van der Waals surface area contributed by atoms with Crippen LogP contribution in [0, 0.1) is 5.92 Å². The standard InChI is InChI=1S/C16H20N2O3/c1-10-5-3-2-4-6-12(10)17-16-18-13-8-7-11(15(19)20)9-14(13)21-16/h7-10,12H,2-6H2,1H3,(H,17,18)(H,19,20). The zero-order valence-electron chi connectivity index (χ0n) is 12.1. The van der Waals surface area contributed by atoms with E-state index in [1.807, 2.05) is 0 Å². The van der Waals surface area contributed by atoms with Crippen LogP contribution in [-0.4, -0.2) is 22.1 Å². The van der Waals surface area contributed by atoms with Crippen LogP contribution >= 0.6 is 0 Å². The second-order valence-corrected chi connectivity index (χ2v) is 5.87. The Morgan fingerprint density at radius 2 is 2.14 bits per heavy atom. The van der Waals surface area contributed by atoms with Gasteiger partial charge in [-0.2, -0.15) is 4.98 Å². The van der Waals surface area contributed by atoms with Crippen molar-refractivity contribution in [3.05, 3.63) is 23.8 Å². The number of carboxylic acid groups (broad SMARTS) is 1. The predicted molar refractivity (Wildman–Crippen MR) is 80.6 cm³/mol. The SMILES string of the molecule is CC1CCCCCC1Nc1nc2ccc(C(=O)O)cc2o1. The lowest BCUT2D eigenvalue weighted by atomic mass is 9.97. The Balaban J connectivity index is 1.82. The number of nitrogens with zero attached hydrogens (tertiary/aromatic N) is 1. The highest BCUT2D eigenvalue weighted by molar-refractivity contribution is 5.92. The van der Waals surface area contributed by atoms with Gasteiger partial charge >= 0.3 is 5.97 Å². The number of aromatic nitrogens is 1. The first-order valence-corrected chi connectivity index (χ1v) is 7.54. The molecular formula is C16H20N2O3. The highest BCUT2D eigenvalue weighted by atomic mass is 16.4. The van der Waals surface area contributed by atoms with Crippen molar-refractivity contribution in [2.45, 2.75) is 45.1 Å². The zero-order valence-corrected chi connectivity index (χ0v) is 12.1. The maximum absolute atomic E-state index is 11.0. The summed E-state index contributed by atoms with van der Waals surface area (Å²) in [6, 6.07) is 5.62. The second-order valence-electron chi connectivity index (χ2n) is 5.87. The summed E-state index contributed by atoms with van der Waals surface area (Å²) in [5.74, 6) is -0.364. The van der Waals surface area contributed by atoms with E-state index in [-0.39, 0.29) is 5.56 Å². The molecule has 0 saturated heterocycles. The third-order valence-corrected chi connectivity index (χ3v) is 4.31. The maximum atomic E-state index is 11.0. The molecule has 1 aliphatic carbocycles. The highest BCUT2D eigenvalue weighted by Gasteiger charge is 2.21. The summed E-state index contributed by atoms with van der Waals surface area (Å²) in [7, 11) is 0. The molecule has 3 rings (SSSR count). The number of nitrogens with one attached hydrogen (secondary N) is 1. The summed E-state index contributed by atoms with van der Waals surface area (Å²) in [5.41, 5.74) is 1.41. The summed E-state index contributed by atoms with van der Waals surface area (Å²) < 4.78 is 5.67. The summed E-state index contributed by atoms with van der Waals surface area (Å²) in [4.78, 5) is 15.4. The fourth-order valence-corrected chi connectivity index (χ4v) is 2.99. The van der Waals surface area contributed by atoms with Crippen molar-refractivity contribution < 1.29 is 14.3 Å². The molecule has 2 N–H and O–H groups in total. The molecule has 1 aromatic carbocycles. The van der Waals surface area contributed by atoms with E-state index in [1.54, 1.807) is 12.1 Å². The molecule has 0 bridgehead atoms. The topological polar surface area (TPSA) is 75.4 Å². The average molecular weight is 288 g/mol. The molecule has 1 aromatic heterocycles. The monoisotopic (exact) mass is 288 g/mol. The summed E-state index contributed by atoms with van der Waals surface area (Å²) >= 11 is 0. The Hall–Kier alpha value is -2.04. The van der Waals surface area contributed by atoms with E-state index in [9.17, 15) is 4.79 Å². The van der Waals surface area contributed by atoms with E-state index >= 15 is 0 Å². The van der Waals surface area contributed by atoms with Crippen LogP contribution in [0.1, 0.15) is 49.4 Å². The van der Waals surface area contributed by atoms with Crippen molar-refractivity contribution in [2.24, 2.45) is 5.92 Å². The fourth-order valence-electron chi connectivity index (χ4n) is 2.99. The van der Waals surface area contributed by atoms with Gasteiger partial charge in [-0.1, -0.05) is 26.2 Å². The van der Waals surface area contributed by atoms with Crippen LogP contribution in [0.4, 0.5) is 6.01 Å². The highest BCUT2D eigenvalue weighted by Crippen LogP contribution is 2.27. The van der Waals surface area contributed by atoms with E-state index < -0.39 is 5.97 Å². The molecule has 0 aliphatic heterocycles. The molecule has 5 nitrogen and oxygen atoms in total. The Morgan fingerprint density at radius 3 is 2.95 bits per heavy atom. The number of rotatable bonds is 3. The van der Waals surface area contributed by atoms with Gasteiger partial charge in [-0.15, -0.1) is 0 Å². The normalized spacial score (nSPS) is 22.9. The molecule has 1 fully saturated rings. The molecule has 0 radical (unpaired) electrons. The molecule has 1 aliphatic rings. The van der Waals surface area contributed by atoms with Gasteiger partial charge in [-0.05, 0) is 37.0 Å². The Kier molecular flexibility index (Phi) is 3.82. The van der Waals surface area contributed by atoms with Gasteiger partial charge < -0.3 is 14.8 Å². The summed E-state index contributed by atoms with van der Waals surface area (Å²) in [5, 5.41) is 12.4. The van der Waals surface area contributed by atoms with Gasteiger partial charge in [0.2, 0.25) is 0 Å². The molecule has 0 spiro atoms. The number of oxazole rings is 1. The predicted octanol–water partition coefficient (Wildman–Crippen LogP) is 3.91. The Labute approximate surface area is 123 Å². The first-order valence-electron chi connectivity index (χ1n) is 7.54. The second kappa shape index (κ2) is 5.76. The lowest BCUT2D eigenvalue weighted by molar-refractivity contribution is 0.0697. The van der Waals surface area contributed by atoms with Crippen LogP contribution in [0.2, 0.25) is 0 Å². The average Bonchev–Trinajstić information content (AvgIpc) is 2.75. The smallest absolute Gasteiger partial charge is 0.335 e. The van der Waals surface area contributed by atoms with E-state index in [2.05, 4.69) is 17.2 Å². The van der Waals surface area contributed by atoms with Crippen LogP contribution in [0.25, 0.3) is 11.1 Å². The van der Waals surface area contributed by atoms with Crippen molar-refractivity contribution in [1.82, 2.24) is 4.98 Å². The largest absolute Gasteiger partial charge is 0.478 e. The van der Waals surface area contributed by atoms with Crippen molar-refractivity contribution >= 4 is 23.1 Å². The van der Waals surface area contributed by atoms with E-state index in [0.717, 1.165) is 6.42 Å². The third kappa shape index (κ3) is 3.01. The van der Waals surface area contributed by atoms with Crippen LogP contribution in [-0.2, 0) is 0 Å². The molecule has 0 amide bonds. The van der Waals surface area contributed by atoms with Gasteiger partial charge in [0.25, 0.3) is 6.01 Å². The summed E-state index contributed by atoms with van der Waals surface area (Å²) in [6.07, 6.45) is 6.15. The van der Waals surface area contributed by atoms with Crippen molar-refractivity contribution in [1.29, 1.82) is 0 Å². The van der Waals surface area contributed by atoms with E-state index in [4.69, 9.17) is 9.52 Å². The summed E-state index contributed by atoms with van der Waals surface area (Å²) in [6.45, 7) is 2.26. The van der Waals surface area contributed by atoms with E-state index in [0.29, 0.717) is 29.1 Å². The van der Waals surface area contributed by atoms with Crippen LogP contribution in [0.15, 0.2) is 22.6 Å². The number of anilines is 1. The molecule has 1 saturated carbocycles. The number of benzene rings is 1. The van der Waals surface area contributed by atoms with Gasteiger partial charge in [0.05, 0.1) is 5.56 Å². The quantitative estimate of drug-likeness (QED) is 0.837. The Bertz CT molecular complexity index is 650. The lowest BCUT2D eigenvalue weighted by Crippen LogP contribution is -2.26. The molecule has 2 aromatic rings. The number of hydrogen-bond donors (Lipinski definition) is 2. The maximum Gasteiger partial charge on any atom is 0.335 e.